The van der Waals surface area contributed by atoms with Gasteiger partial charge in [-0.3, -0.25) is 4.79 Å². The van der Waals surface area contributed by atoms with E-state index in [2.05, 4.69) is 22.7 Å². The third-order valence-electron chi connectivity index (χ3n) is 4.36. The summed E-state index contributed by atoms with van der Waals surface area (Å²) in [5.74, 6) is -0.00673. The first-order valence-electron chi connectivity index (χ1n) is 8.09. The number of rotatable bonds is 3. The molecule has 2 atom stereocenters. The van der Waals surface area contributed by atoms with Crippen LogP contribution in [0.2, 0.25) is 0 Å². The molecule has 1 amide bonds. The highest BCUT2D eigenvalue weighted by Gasteiger charge is 2.30. The lowest BCUT2D eigenvalue weighted by Crippen LogP contribution is -2.48. The van der Waals surface area contributed by atoms with Gasteiger partial charge in [-0.2, -0.15) is 18.3 Å². The molecule has 1 aliphatic rings. The Balaban J connectivity index is 0.00000243. The number of nitrogens with one attached hydrogen (secondary N) is 2. The molecule has 1 aromatic carbocycles. The van der Waals surface area contributed by atoms with Crippen molar-refractivity contribution in [3.05, 3.63) is 47.8 Å². The average molecular weight is 389 g/mol. The molecule has 0 bridgehead atoms. The first kappa shape index (κ1) is 20.3. The number of carbonyl (C=O) groups excluding carboxylic acids is 1. The van der Waals surface area contributed by atoms with Crippen LogP contribution in [0.25, 0.3) is 5.69 Å². The van der Waals surface area contributed by atoms with Crippen molar-refractivity contribution < 1.29 is 18.0 Å². The minimum atomic E-state index is -4.42. The van der Waals surface area contributed by atoms with Crippen molar-refractivity contribution in [2.75, 3.05) is 13.1 Å². The Labute approximate surface area is 155 Å². The SMILES string of the molecule is CC1CNCCC1NC(=O)c1ccn(-c2cccc(C(F)(F)F)c2)n1.Cl. The highest BCUT2D eigenvalue weighted by Crippen LogP contribution is 2.30. The quantitative estimate of drug-likeness (QED) is 0.849. The first-order valence-corrected chi connectivity index (χ1v) is 8.09. The predicted molar refractivity (Wildman–Crippen MR) is 93.7 cm³/mol. The Morgan fingerprint density at radius 3 is 2.81 bits per heavy atom. The number of nitrogens with zero attached hydrogens (tertiary/aromatic N) is 2. The van der Waals surface area contributed by atoms with Crippen LogP contribution in [-0.2, 0) is 6.18 Å². The number of halogens is 4. The molecule has 0 aliphatic carbocycles. The van der Waals surface area contributed by atoms with E-state index in [1.807, 2.05) is 0 Å². The summed E-state index contributed by atoms with van der Waals surface area (Å²) < 4.78 is 39.7. The Hall–Kier alpha value is -2.06. The lowest BCUT2D eigenvalue weighted by atomic mass is 9.95. The molecule has 1 saturated heterocycles. The van der Waals surface area contributed by atoms with E-state index in [1.54, 1.807) is 0 Å². The molecule has 0 saturated carbocycles. The summed E-state index contributed by atoms with van der Waals surface area (Å²) in [6.45, 7) is 3.73. The van der Waals surface area contributed by atoms with Gasteiger partial charge in [-0.15, -0.1) is 12.4 Å². The van der Waals surface area contributed by atoms with Crippen molar-refractivity contribution >= 4 is 18.3 Å². The van der Waals surface area contributed by atoms with Crippen molar-refractivity contribution in [2.45, 2.75) is 25.6 Å². The molecule has 2 aromatic rings. The molecular weight excluding hydrogens is 369 g/mol. The molecule has 0 radical (unpaired) electrons. The number of hydrogen-bond donors (Lipinski definition) is 2. The third-order valence-corrected chi connectivity index (χ3v) is 4.36. The van der Waals surface area contributed by atoms with E-state index < -0.39 is 11.7 Å². The highest BCUT2D eigenvalue weighted by atomic mass is 35.5. The summed E-state index contributed by atoms with van der Waals surface area (Å²) in [5, 5.41) is 10.3. The fraction of sp³-hybridized carbons (Fsp3) is 0.412. The Kier molecular flexibility index (Phi) is 6.30. The number of hydrogen-bond acceptors (Lipinski definition) is 3. The largest absolute Gasteiger partial charge is 0.416 e. The van der Waals surface area contributed by atoms with Gasteiger partial charge in [-0.05, 0) is 49.7 Å². The lowest BCUT2D eigenvalue weighted by molar-refractivity contribution is -0.137. The molecule has 3 rings (SSSR count). The van der Waals surface area contributed by atoms with Crippen molar-refractivity contribution in [1.82, 2.24) is 20.4 Å². The second-order valence-electron chi connectivity index (χ2n) is 6.24. The number of alkyl halides is 3. The molecule has 1 aromatic heterocycles. The topological polar surface area (TPSA) is 58.9 Å². The van der Waals surface area contributed by atoms with Crippen LogP contribution < -0.4 is 10.6 Å². The van der Waals surface area contributed by atoms with Crippen molar-refractivity contribution in [3.8, 4) is 5.69 Å². The van der Waals surface area contributed by atoms with E-state index in [4.69, 9.17) is 0 Å². The molecule has 2 heterocycles. The fourth-order valence-electron chi connectivity index (χ4n) is 2.88. The monoisotopic (exact) mass is 388 g/mol. The smallest absolute Gasteiger partial charge is 0.348 e. The zero-order valence-corrected chi connectivity index (χ0v) is 14.9. The van der Waals surface area contributed by atoms with Gasteiger partial charge >= 0.3 is 6.18 Å². The molecule has 2 N–H and O–H groups in total. The summed E-state index contributed by atoms with van der Waals surface area (Å²) in [5.41, 5.74) is -0.317. The van der Waals surface area contributed by atoms with Gasteiger partial charge in [0.1, 0.15) is 0 Å². The molecule has 142 valence electrons. The second-order valence-corrected chi connectivity index (χ2v) is 6.24. The maximum Gasteiger partial charge on any atom is 0.416 e. The molecule has 5 nitrogen and oxygen atoms in total. The van der Waals surface area contributed by atoms with Gasteiger partial charge in [0.2, 0.25) is 0 Å². The summed E-state index contributed by atoms with van der Waals surface area (Å²) in [4.78, 5) is 12.3. The lowest BCUT2D eigenvalue weighted by Gasteiger charge is -2.29. The Bertz CT molecular complexity index is 762. The number of benzene rings is 1. The van der Waals surface area contributed by atoms with Crippen LogP contribution in [0.5, 0.6) is 0 Å². The van der Waals surface area contributed by atoms with Gasteiger partial charge in [0, 0.05) is 12.2 Å². The first-order chi connectivity index (χ1) is 11.8. The normalized spacial score (nSPS) is 20.3. The van der Waals surface area contributed by atoms with Crippen LogP contribution in [0.3, 0.4) is 0 Å². The van der Waals surface area contributed by atoms with Gasteiger partial charge in [0.05, 0.1) is 11.3 Å². The Morgan fingerprint density at radius 2 is 2.12 bits per heavy atom. The van der Waals surface area contributed by atoms with Crippen LogP contribution in [0.1, 0.15) is 29.4 Å². The van der Waals surface area contributed by atoms with Gasteiger partial charge in [0.15, 0.2) is 5.69 Å². The summed E-state index contributed by atoms with van der Waals surface area (Å²) >= 11 is 0. The summed E-state index contributed by atoms with van der Waals surface area (Å²) in [6, 6.07) is 6.39. The van der Waals surface area contributed by atoms with Crippen molar-refractivity contribution in [1.29, 1.82) is 0 Å². The van der Waals surface area contributed by atoms with Crippen LogP contribution in [0.4, 0.5) is 13.2 Å². The average Bonchev–Trinajstić information content (AvgIpc) is 3.06. The van der Waals surface area contributed by atoms with Crippen LogP contribution >= 0.6 is 12.4 Å². The zero-order valence-electron chi connectivity index (χ0n) is 14.1. The van der Waals surface area contributed by atoms with E-state index in [-0.39, 0.29) is 35.7 Å². The summed E-state index contributed by atoms with van der Waals surface area (Å²) in [6.07, 6.45) is -2.11. The van der Waals surface area contributed by atoms with Crippen molar-refractivity contribution in [2.24, 2.45) is 5.92 Å². The van der Waals surface area contributed by atoms with Crippen molar-refractivity contribution in [3.63, 3.8) is 0 Å². The van der Waals surface area contributed by atoms with Gasteiger partial charge < -0.3 is 10.6 Å². The molecule has 2 unspecified atom stereocenters. The number of carbonyl (C=O) groups is 1. The maximum atomic E-state index is 12.8. The van der Waals surface area contributed by atoms with Crippen LogP contribution in [0.15, 0.2) is 36.5 Å². The highest BCUT2D eigenvalue weighted by molar-refractivity contribution is 5.92. The molecule has 0 spiro atoms. The minimum absolute atomic E-state index is 0. The van der Waals surface area contributed by atoms with Gasteiger partial charge in [-0.25, -0.2) is 4.68 Å². The van der Waals surface area contributed by atoms with Crippen LogP contribution in [0, 0.1) is 5.92 Å². The van der Waals surface area contributed by atoms with Crippen LogP contribution in [-0.4, -0.2) is 34.8 Å². The van der Waals surface area contributed by atoms with E-state index in [9.17, 15) is 18.0 Å². The minimum Gasteiger partial charge on any atom is -0.348 e. The molecule has 26 heavy (non-hydrogen) atoms. The predicted octanol–water partition coefficient (Wildman–Crippen LogP) is 3.04. The zero-order chi connectivity index (χ0) is 18.0. The summed E-state index contributed by atoms with van der Waals surface area (Å²) in [7, 11) is 0. The van der Waals surface area contributed by atoms with E-state index in [0.29, 0.717) is 5.92 Å². The van der Waals surface area contributed by atoms with Gasteiger partial charge in [-0.1, -0.05) is 13.0 Å². The van der Waals surface area contributed by atoms with E-state index >= 15 is 0 Å². The molecular formula is C17H20ClF3N4O. The van der Waals surface area contributed by atoms with Gasteiger partial charge in [0.25, 0.3) is 5.91 Å². The Morgan fingerprint density at radius 1 is 1.35 bits per heavy atom. The molecule has 9 heteroatoms. The van der Waals surface area contributed by atoms with E-state index in [0.717, 1.165) is 31.6 Å². The number of amides is 1. The second kappa shape index (κ2) is 8.09. The van der Waals surface area contributed by atoms with E-state index in [1.165, 1.54) is 29.1 Å². The number of aromatic nitrogens is 2. The molecule has 1 aliphatic heterocycles. The fourth-order valence-corrected chi connectivity index (χ4v) is 2.88. The third kappa shape index (κ3) is 4.56. The molecule has 1 fully saturated rings. The standard InChI is InChI=1S/C17H19F3N4O.ClH/c1-11-10-21-7-5-14(11)22-16(25)15-6-8-24(23-15)13-4-2-3-12(9-13)17(18,19)20;/h2-4,6,8-9,11,14,21H,5,7,10H2,1H3,(H,22,25);1H. The number of piperidine rings is 1. The maximum absolute atomic E-state index is 12.8.